The summed E-state index contributed by atoms with van der Waals surface area (Å²) in [5.41, 5.74) is 1.34. The Labute approximate surface area is 119 Å². The third-order valence-corrected chi connectivity index (χ3v) is 3.82. The predicted molar refractivity (Wildman–Crippen MR) is 82.5 cm³/mol. The number of aryl methyl sites for hydroxylation is 1. The van der Waals surface area contributed by atoms with Crippen molar-refractivity contribution in [3.63, 3.8) is 0 Å². The minimum Gasteiger partial charge on any atom is -0.469 e. The summed E-state index contributed by atoms with van der Waals surface area (Å²) in [5.74, 6) is 1.06. The molecule has 0 aliphatic rings. The summed E-state index contributed by atoms with van der Waals surface area (Å²) in [6, 6.07) is 2.59. The fourth-order valence-electron chi connectivity index (χ4n) is 2.68. The molecule has 1 atom stereocenters. The van der Waals surface area contributed by atoms with Gasteiger partial charge < -0.3 is 9.73 Å². The van der Waals surface area contributed by atoms with E-state index in [1.807, 2.05) is 0 Å². The third-order valence-electron chi connectivity index (χ3n) is 3.82. The molecule has 19 heavy (non-hydrogen) atoms. The maximum Gasteiger partial charge on any atom is 0.105 e. The van der Waals surface area contributed by atoms with E-state index in [-0.39, 0.29) is 0 Å². The molecule has 0 bridgehead atoms. The van der Waals surface area contributed by atoms with Gasteiger partial charge in [0.25, 0.3) is 0 Å². The van der Waals surface area contributed by atoms with Crippen LogP contribution in [-0.4, -0.2) is 6.54 Å². The molecule has 1 unspecified atom stereocenters. The molecule has 1 N–H and O–H groups in total. The van der Waals surface area contributed by atoms with Gasteiger partial charge in [0.1, 0.15) is 5.76 Å². The van der Waals surface area contributed by atoms with Crippen molar-refractivity contribution in [1.82, 2.24) is 5.32 Å². The van der Waals surface area contributed by atoms with E-state index in [9.17, 15) is 0 Å². The fourth-order valence-corrected chi connectivity index (χ4v) is 2.68. The van der Waals surface area contributed by atoms with Crippen molar-refractivity contribution in [3.8, 4) is 0 Å². The van der Waals surface area contributed by atoms with Crippen LogP contribution in [0, 0.1) is 6.92 Å². The van der Waals surface area contributed by atoms with Crippen LogP contribution in [0.4, 0.5) is 0 Å². The van der Waals surface area contributed by atoms with Gasteiger partial charge in [-0.2, -0.15) is 0 Å². The van der Waals surface area contributed by atoms with Crippen molar-refractivity contribution < 1.29 is 4.42 Å². The Kier molecular flexibility index (Phi) is 8.64. The first-order valence-electron chi connectivity index (χ1n) is 8.07. The van der Waals surface area contributed by atoms with Gasteiger partial charge in [0.2, 0.25) is 0 Å². The molecule has 110 valence electrons. The fraction of sp³-hybridized carbons (Fsp3) is 0.765. The number of furan rings is 1. The average molecular weight is 265 g/mol. The van der Waals surface area contributed by atoms with E-state index in [0.29, 0.717) is 6.04 Å². The highest BCUT2D eigenvalue weighted by Crippen LogP contribution is 2.24. The van der Waals surface area contributed by atoms with Gasteiger partial charge in [-0.25, -0.2) is 0 Å². The first kappa shape index (κ1) is 16.3. The van der Waals surface area contributed by atoms with E-state index in [4.69, 9.17) is 4.42 Å². The highest BCUT2D eigenvalue weighted by atomic mass is 16.3. The molecule has 2 nitrogen and oxygen atoms in total. The number of unbranched alkanes of at least 4 members (excludes halogenated alkanes) is 6. The van der Waals surface area contributed by atoms with Crippen LogP contribution < -0.4 is 5.32 Å². The number of hydrogen-bond donors (Lipinski definition) is 1. The van der Waals surface area contributed by atoms with E-state index < -0.39 is 0 Å². The van der Waals surface area contributed by atoms with Crippen molar-refractivity contribution in [1.29, 1.82) is 0 Å². The lowest BCUT2D eigenvalue weighted by Crippen LogP contribution is -2.21. The van der Waals surface area contributed by atoms with Crippen LogP contribution in [0.25, 0.3) is 0 Å². The van der Waals surface area contributed by atoms with Gasteiger partial charge in [0.15, 0.2) is 0 Å². The van der Waals surface area contributed by atoms with Crippen LogP contribution >= 0.6 is 0 Å². The van der Waals surface area contributed by atoms with Crippen molar-refractivity contribution in [3.05, 3.63) is 23.7 Å². The molecular formula is C17H31NO. The molecule has 0 saturated carbocycles. The summed E-state index contributed by atoms with van der Waals surface area (Å²) in [6.45, 7) is 7.53. The molecule has 0 spiro atoms. The van der Waals surface area contributed by atoms with Crippen molar-refractivity contribution in [2.75, 3.05) is 6.54 Å². The predicted octanol–water partition coefficient (Wildman–Crippen LogP) is 5.38. The van der Waals surface area contributed by atoms with Crippen LogP contribution in [0.2, 0.25) is 0 Å². The molecule has 0 aromatic carbocycles. The summed E-state index contributed by atoms with van der Waals surface area (Å²) in [7, 11) is 0. The largest absolute Gasteiger partial charge is 0.469 e. The van der Waals surface area contributed by atoms with Gasteiger partial charge in [-0.05, 0) is 26.0 Å². The molecule has 0 saturated heterocycles. The molecule has 1 aromatic heterocycles. The van der Waals surface area contributed by atoms with Gasteiger partial charge in [-0.15, -0.1) is 0 Å². The molecule has 0 fully saturated rings. The minimum atomic E-state index is 0.472. The molecule has 2 heteroatoms. The molecule has 0 amide bonds. The van der Waals surface area contributed by atoms with E-state index in [0.717, 1.165) is 12.3 Å². The van der Waals surface area contributed by atoms with E-state index in [2.05, 4.69) is 32.2 Å². The van der Waals surface area contributed by atoms with Crippen LogP contribution in [0.3, 0.4) is 0 Å². The molecule has 1 aromatic rings. The van der Waals surface area contributed by atoms with Gasteiger partial charge >= 0.3 is 0 Å². The summed E-state index contributed by atoms with van der Waals surface area (Å²) >= 11 is 0. The van der Waals surface area contributed by atoms with Gasteiger partial charge in [0, 0.05) is 11.6 Å². The van der Waals surface area contributed by atoms with E-state index in [1.165, 1.54) is 56.9 Å². The highest BCUT2D eigenvalue weighted by Gasteiger charge is 2.14. The lowest BCUT2D eigenvalue weighted by Gasteiger charge is -2.17. The molecule has 0 aliphatic heterocycles. The molecule has 0 radical (unpaired) electrons. The standard InChI is InChI=1S/C17H31NO/c1-4-6-7-8-9-10-11-12-17(18-5-2)16-13-14-19-15(16)3/h13-14,17-18H,4-12H2,1-3H3. The van der Waals surface area contributed by atoms with Crippen LogP contribution in [0.1, 0.15) is 82.6 Å². The van der Waals surface area contributed by atoms with Crippen LogP contribution in [0.15, 0.2) is 16.7 Å². The maximum absolute atomic E-state index is 5.42. The average Bonchev–Trinajstić information content (AvgIpc) is 2.82. The SMILES string of the molecule is CCCCCCCCCC(NCC)c1ccoc1C. The van der Waals surface area contributed by atoms with Crippen LogP contribution in [-0.2, 0) is 0 Å². The monoisotopic (exact) mass is 265 g/mol. The van der Waals surface area contributed by atoms with Crippen LogP contribution in [0.5, 0.6) is 0 Å². The zero-order valence-electron chi connectivity index (χ0n) is 13.0. The first-order chi connectivity index (χ1) is 9.29. The lowest BCUT2D eigenvalue weighted by atomic mass is 10.00. The van der Waals surface area contributed by atoms with Gasteiger partial charge in [0.05, 0.1) is 6.26 Å². The van der Waals surface area contributed by atoms with Crippen molar-refractivity contribution >= 4 is 0 Å². The second-order valence-corrected chi connectivity index (χ2v) is 5.45. The third kappa shape index (κ3) is 6.29. The summed E-state index contributed by atoms with van der Waals surface area (Å²) in [4.78, 5) is 0. The number of hydrogen-bond acceptors (Lipinski definition) is 2. The highest BCUT2D eigenvalue weighted by molar-refractivity contribution is 5.20. The second-order valence-electron chi connectivity index (χ2n) is 5.45. The Hall–Kier alpha value is -0.760. The zero-order valence-corrected chi connectivity index (χ0v) is 13.0. The Morgan fingerprint density at radius 2 is 1.74 bits per heavy atom. The summed E-state index contributed by atoms with van der Waals surface area (Å²) in [5, 5.41) is 3.58. The Bertz CT molecular complexity index is 319. The Morgan fingerprint density at radius 3 is 2.32 bits per heavy atom. The normalized spacial score (nSPS) is 12.8. The zero-order chi connectivity index (χ0) is 13.9. The van der Waals surface area contributed by atoms with Gasteiger partial charge in [-0.1, -0.05) is 58.8 Å². The topological polar surface area (TPSA) is 25.2 Å². The van der Waals surface area contributed by atoms with Gasteiger partial charge in [-0.3, -0.25) is 0 Å². The lowest BCUT2D eigenvalue weighted by molar-refractivity contribution is 0.461. The summed E-state index contributed by atoms with van der Waals surface area (Å²) < 4.78 is 5.42. The second kappa shape index (κ2) is 10.1. The van der Waals surface area contributed by atoms with E-state index >= 15 is 0 Å². The molecule has 1 heterocycles. The van der Waals surface area contributed by atoms with Crippen molar-refractivity contribution in [2.45, 2.75) is 78.2 Å². The molecule has 0 aliphatic carbocycles. The summed E-state index contributed by atoms with van der Waals surface area (Å²) in [6.07, 6.45) is 12.6. The molecular weight excluding hydrogens is 234 g/mol. The quantitative estimate of drug-likeness (QED) is 0.543. The minimum absolute atomic E-state index is 0.472. The first-order valence-corrected chi connectivity index (χ1v) is 8.07. The van der Waals surface area contributed by atoms with Crippen molar-refractivity contribution in [2.24, 2.45) is 0 Å². The smallest absolute Gasteiger partial charge is 0.105 e. The Balaban J connectivity index is 2.22. The Morgan fingerprint density at radius 1 is 1.05 bits per heavy atom. The number of rotatable bonds is 11. The number of nitrogens with one attached hydrogen (secondary N) is 1. The van der Waals surface area contributed by atoms with E-state index in [1.54, 1.807) is 6.26 Å². The maximum atomic E-state index is 5.42. The molecule has 1 rings (SSSR count).